The summed E-state index contributed by atoms with van der Waals surface area (Å²) in [6, 6.07) is 16.3. The molecule has 3 aliphatic rings. The molecule has 7 heteroatoms. The second kappa shape index (κ2) is 9.58. The molecule has 7 nitrogen and oxygen atoms in total. The van der Waals surface area contributed by atoms with Crippen molar-refractivity contribution < 1.29 is 9.53 Å². The van der Waals surface area contributed by atoms with Crippen LogP contribution in [0.15, 0.2) is 58.6 Å². The van der Waals surface area contributed by atoms with Crippen LogP contribution in [-0.4, -0.2) is 77.8 Å². The van der Waals surface area contributed by atoms with Crippen molar-refractivity contribution in [2.75, 3.05) is 39.4 Å². The van der Waals surface area contributed by atoms with Crippen LogP contribution in [0.1, 0.15) is 53.4 Å². The van der Waals surface area contributed by atoms with Crippen molar-refractivity contribution in [1.29, 1.82) is 0 Å². The predicted molar refractivity (Wildman–Crippen MR) is 134 cm³/mol. The molecule has 0 bridgehead atoms. The number of carbonyl (C=O) groups is 1. The van der Waals surface area contributed by atoms with E-state index in [1.54, 1.807) is 0 Å². The second-order valence-electron chi connectivity index (χ2n) is 9.43. The first kappa shape index (κ1) is 22.6. The highest BCUT2D eigenvalue weighted by Crippen LogP contribution is 2.36. The molecule has 0 aromatic heterocycles. The zero-order valence-corrected chi connectivity index (χ0v) is 20.3. The molecule has 1 saturated heterocycles. The van der Waals surface area contributed by atoms with Gasteiger partial charge in [-0.1, -0.05) is 54.1 Å². The summed E-state index contributed by atoms with van der Waals surface area (Å²) in [5.41, 5.74) is 4.10. The van der Waals surface area contributed by atoms with Crippen LogP contribution >= 0.6 is 0 Å². The van der Waals surface area contributed by atoms with Crippen molar-refractivity contribution in [1.82, 2.24) is 14.8 Å². The van der Waals surface area contributed by atoms with Gasteiger partial charge in [0.15, 0.2) is 11.6 Å². The maximum absolute atomic E-state index is 13.4. The second-order valence-corrected chi connectivity index (χ2v) is 9.43. The van der Waals surface area contributed by atoms with Crippen molar-refractivity contribution in [2.45, 2.75) is 39.3 Å². The van der Waals surface area contributed by atoms with Gasteiger partial charge in [0.05, 0.1) is 25.8 Å². The Hall–Kier alpha value is -3.19. The Morgan fingerprint density at radius 2 is 1.79 bits per heavy atom. The molecule has 3 aliphatic heterocycles. The van der Waals surface area contributed by atoms with Gasteiger partial charge in [0.1, 0.15) is 0 Å². The lowest BCUT2D eigenvalue weighted by Gasteiger charge is -2.41. The van der Waals surface area contributed by atoms with Crippen LogP contribution in [0.25, 0.3) is 0 Å². The molecule has 178 valence electrons. The molecule has 1 atom stereocenters. The van der Waals surface area contributed by atoms with Gasteiger partial charge in [-0.05, 0) is 26.3 Å². The van der Waals surface area contributed by atoms with E-state index in [2.05, 4.69) is 47.9 Å². The van der Waals surface area contributed by atoms with E-state index >= 15 is 0 Å². The van der Waals surface area contributed by atoms with Gasteiger partial charge in [0, 0.05) is 43.2 Å². The number of benzene rings is 2. The molecule has 0 N–H and O–H groups in total. The smallest absolute Gasteiger partial charge is 0.218 e. The largest absolute Gasteiger partial charge is 0.378 e. The fourth-order valence-corrected chi connectivity index (χ4v) is 4.91. The van der Waals surface area contributed by atoms with Crippen LogP contribution in [-0.2, 0) is 4.74 Å². The van der Waals surface area contributed by atoms with Gasteiger partial charge in [-0.2, -0.15) is 5.10 Å². The average molecular weight is 460 g/mol. The maximum atomic E-state index is 13.4. The third-order valence-electron chi connectivity index (χ3n) is 6.80. The Bertz CT molecular complexity index is 1100. The number of guanidine groups is 1. The quantitative estimate of drug-likeness (QED) is 0.653. The molecule has 2 aromatic carbocycles. The summed E-state index contributed by atoms with van der Waals surface area (Å²) in [7, 11) is 0. The highest BCUT2D eigenvalue weighted by Gasteiger charge is 2.38. The first-order chi connectivity index (χ1) is 16.5. The van der Waals surface area contributed by atoms with Crippen molar-refractivity contribution in [3.05, 3.63) is 70.8 Å². The Balaban J connectivity index is 1.57. The van der Waals surface area contributed by atoms with Crippen molar-refractivity contribution in [3.63, 3.8) is 0 Å². The average Bonchev–Trinajstić information content (AvgIpc) is 3.35. The van der Waals surface area contributed by atoms with Crippen molar-refractivity contribution >= 4 is 17.6 Å². The number of hydrogen-bond acceptors (Lipinski definition) is 7. The van der Waals surface area contributed by atoms with Crippen molar-refractivity contribution in [2.24, 2.45) is 10.1 Å². The number of amidine groups is 1. The Labute approximate surface area is 201 Å². The summed E-state index contributed by atoms with van der Waals surface area (Å²) < 4.78 is 5.60. The fourth-order valence-electron chi connectivity index (χ4n) is 4.91. The van der Waals surface area contributed by atoms with E-state index in [9.17, 15) is 4.79 Å². The third kappa shape index (κ3) is 4.32. The lowest BCUT2D eigenvalue weighted by molar-refractivity contribution is 0.0668. The summed E-state index contributed by atoms with van der Waals surface area (Å²) >= 11 is 0. The number of aliphatic imine (C=N–C) groups is 1. The highest BCUT2D eigenvalue weighted by atomic mass is 16.5. The number of ketones is 1. The molecular weight excluding hydrogens is 426 g/mol. The molecule has 2 aromatic rings. The van der Waals surface area contributed by atoms with Gasteiger partial charge >= 0.3 is 0 Å². The van der Waals surface area contributed by atoms with Gasteiger partial charge in [0.25, 0.3) is 0 Å². The molecule has 34 heavy (non-hydrogen) atoms. The summed E-state index contributed by atoms with van der Waals surface area (Å²) in [4.78, 5) is 22.9. The topological polar surface area (TPSA) is 60.7 Å². The molecule has 0 amide bonds. The van der Waals surface area contributed by atoms with Gasteiger partial charge in [-0.15, -0.1) is 0 Å². The number of ether oxygens (including phenoxy) is 1. The third-order valence-corrected chi connectivity index (χ3v) is 6.80. The van der Waals surface area contributed by atoms with Gasteiger partial charge < -0.3 is 14.5 Å². The lowest BCUT2D eigenvalue weighted by Crippen LogP contribution is -2.50. The van der Waals surface area contributed by atoms with E-state index in [1.165, 1.54) is 0 Å². The van der Waals surface area contributed by atoms with Crippen LogP contribution in [0.5, 0.6) is 0 Å². The van der Waals surface area contributed by atoms with Gasteiger partial charge in [-0.25, -0.2) is 10.0 Å². The van der Waals surface area contributed by atoms with Crippen LogP contribution in [0.3, 0.4) is 0 Å². The van der Waals surface area contributed by atoms with Crippen molar-refractivity contribution in [3.8, 4) is 0 Å². The molecule has 0 aliphatic carbocycles. The molecule has 5 rings (SSSR count). The van der Waals surface area contributed by atoms with Crippen LogP contribution < -0.4 is 0 Å². The number of Topliss-reactive ketones (excluding diaryl/α,β-unsaturated/α-hetero) is 1. The molecule has 0 spiro atoms. The van der Waals surface area contributed by atoms with Gasteiger partial charge in [-0.3, -0.25) is 4.79 Å². The lowest BCUT2D eigenvalue weighted by atomic mass is 9.91. The number of hydrogen-bond donors (Lipinski definition) is 0. The first-order valence-corrected chi connectivity index (χ1v) is 12.2. The normalized spacial score (nSPS) is 20.4. The standard InChI is InChI=1S/C27H33N5O2/c1-19(2)31-13-12-28-27(31)32-24(18-25(33)21-10-8-20(3)9-11-21)22-6-4-5-7-23(22)26(29-32)30-14-16-34-17-15-30/h4-11,19,24H,12-18H2,1-3H3. The zero-order valence-electron chi connectivity index (χ0n) is 20.3. The molecule has 3 heterocycles. The zero-order chi connectivity index (χ0) is 23.7. The Morgan fingerprint density at radius 3 is 2.53 bits per heavy atom. The number of nitrogens with zero attached hydrogens (tertiary/aromatic N) is 5. The predicted octanol–water partition coefficient (Wildman–Crippen LogP) is 3.70. The minimum absolute atomic E-state index is 0.115. The van der Waals surface area contributed by atoms with E-state index < -0.39 is 0 Å². The number of aryl methyl sites for hydroxylation is 1. The summed E-state index contributed by atoms with van der Waals surface area (Å²) in [5, 5.41) is 7.22. The minimum Gasteiger partial charge on any atom is -0.378 e. The van der Waals surface area contributed by atoms with Gasteiger partial charge in [0.2, 0.25) is 5.96 Å². The molecule has 1 unspecified atom stereocenters. The number of rotatable bonds is 4. The maximum Gasteiger partial charge on any atom is 0.218 e. The van der Waals surface area contributed by atoms with Crippen LogP contribution in [0, 0.1) is 6.92 Å². The molecule has 0 radical (unpaired) electrons. The molecule has 0 saturated carbocycles. The minimum atomic E-state index is -0.215. The van der Waals surface area contributed by atoms with E-state index in [4.69, 9.17) is 14.8 Å². The number of fused-ring (bicyclic) bond motifs is 1. The van der Waals surface area contributed by atoms with E-state index in [-0.39, 0.29) is 11.8 Å². The molecule has 1 fully saturated rings. The van der Waals surface area contributed by atoms with E-state index in [0.29, 0.717) is 25.7 Å². The number of carbonyl (C=O) groups excluding carboxylic acids is 1. The van der Waals surface area contributed by atoms with Crippen LogP contribution in [0.2, 0.25) is 0 Å². The monoisotopic (exact) mass is 459 g/mol. The SMILES string of the molecule is Cc1ccc(C(=O)CC2c3ccccc3C(N3CCOCC3)=NN2C2=NCCN2C(C)C)cc1. The number of hydrazone groups is 1. The summed E-state index contributed by atoms with van der Waals surface area (Å²) in [5.74, 6) is 1.91. The highest BCUT2D eigenvalue weighted by molar-refractivity contribution is 6.03. The fraction of sp³-hybridized carbons (Fsp3) is 0.444. The summed E-state index contributed by atoms with van der Waals surface area (Å²) in [6.07, 6.45) is 0.338. The Kier molecular flexibility index (Phi) is 6.37. The molecular formula is C27H33N5O2. The summed E-state index contributed by atoms with van der Waals surface area (Å²) in [6.45, 7) is 11.0. The van der Waals surface area contributed by atoms with E-state index in [0.717, 1.165) is 60.2 Å². The van der Waals surface area contributed by atoms with Crippen LogP contribution in [0.4, 0.5) is 0 Å². The van der Waals surface area contributed by atoms with E-state index in [1.807, 2.05) is 36.2 Å². The number of morpholine rings is 1. The Morgan fingerprint density at radius 1 is 1.06 bits per heavy atom. The first-order valence-electron chi connectivity index (χ1n) is 12.2.